The highest BCUT2D eigenvalue weighted by atomic mass is 79.9. The van der Waals surface area contributed by atoms with E-state index < -0.39 is 0 Å². The number of nitrogens with zero attached hydrogens (tertiary/aromatic N) is 2. The number of anilines is 1. The summed E-state index contributed by atoms with van der Waals surface area (Å²) in [5.41, 5.74) is 4.34. The maximum absolute atomic E-state index is 4.30. The Labute approximate surface area is 125 Å². The molecule has 1 saturated heterocycles. The predicted octanol–water partition coefficient (Wildman–Crippen LogP) is 3.27. The molecule has 0 spiro atoms. The van der Waals surface area contributed by atoms with E-state index >= 15 is 0 Å². The monoisotopic (exact) mass is 337 g/mol. The first kappa shape index (κ1) is 13.1. The fourth-order valence-corrected chi connectivity index (χ4v) is 3.21. The van der Waals surface area contributed by atoms with E-state index in [-0.39, 0.29) is 0 Å². The Morgan fingerprint density at radius 2 is 2.21 bits per heavy atom. The zero-order chi connectivity index (χ0) is 13.1. The molecular formula is C14H16BrN3S. The molecular weight excluding hydrogens is 322 g/mol. The average Bonchev–Trinajstić information content (AvgIpc) is 3.09. The third kappa shape index (κ3) is 3.35. The minimum Gasteiger partial charge on any atom is -0.370 e. The van der Waals surface area contributed by atoms with Gasteiger partial charge in [0.25, 0.3) is 0 Å². The van der Waals surface area contributed by atoms with E-state index in [1.807, 2.05) is 5.51 Å². The lowest BCUT2D eigenvalue weighted by Crippen LogP contribution is -2.32. The van der Waals surface area contributed by atoms with Crippen LogP contribution in [0.15, 0.2) is 39.6 Å². The fraction of sp³-hybridized carbons (Fsp3) is 0.357. The number of hydrogen-bond donors (Lipinski definition) is 1. The Balaban J connectivity index is 1.53. The first-order valence-corrected chi connectivity index (χ1v) is 8.16. The van der Waals surface area contributed by atoms with E-state index in [1.165, 1.54) is 12.1 Å². The standard InChI is InChI=1S/C14H16BrN3S/c15-11-1-3-14(4-2-11)18-6-5-12(8-18)16-7-13-9-19-10-17-13/h1-4,9-10,12,16H,5-8H2/t12-/m0/s1. The summed E-state index contributed by atoms with van der Waals surface area (Å²) in [4.78, 5) is 6.74. The molecule has 1 fully saturated rings. The second kappa shape index (κ2) is 6.03. The van der Waals surface area contributed by atoms with Crippen LogP contribution < -0.4 is 10.2 Å². The van der Waals surface area contributed by atoms with E-state index in [2.05, 4.69) is 60.8 Å². The summed E-state index contributed by atoms with van der Waals surface area (Å²) in [7, 11) is 0. The molecule has 100 valence electrons. The molecule has 0 amide bonds. The molecule has 1 atom stereocenters. The first-order chi connectivity index (χ1) is 9.31. The van der Waals surface area contributed by atoms with E-state index in [1.54, 1.807) is 11.3 Å². The van der Waals surface area contributed by atoms with Crippen molar-refractivity contribution in [2.24, 2.45) is 0 Å². The topological polar surface area (TPSA) is 28.2 Å². The first-order valence-electron chi connectivity index (χ1n) is 6.42. The van der Waals surface area contributed by atoms with Gasteiger partial charge in [0.2, 0.25) is 0 Å². The number of hydrogen-bond acceptors (Lipinski definition) is 4. The van der Waals surface area contributed by atoms with Gasteiger partial charge in [-0.3, -0.25) is 0 Å². The van der Waals surface area contributed by atoms with Crippen LogP contribution in [0.4, 0.5) is 5.69 Å². The van der Waals surface area contributed by atoms with Gasteiger partial charge >= 0.3 is 0 Å². The Morgan fingerprint density at radius 1 is 1.37 bits per heavy atom. The summed E-state index contributed by atoms with van der Waals surface area (Å²) in [5.74, 6) is 0. The van der Waals surface area contributed by atoms with Gasteiger partial charge in [-0.05, 0) is 30.7 Å². The molecule has 2 heterocycles. The lowest BCUT2D eigenvalue weighted by molar-refractivity contribution is 0.547. The van der Waals surface area contributed by atoms with E-state index in [9.17, 15) is 0 Å². The SMILES string of the molecule is Brc1ccc(N2CC[C@H](NCc3cscn3)C2)cc1. The fourth-order valence-electron chi connectivity index (χ4n) is 2.39. The van der Waals surface area contributed by atoms with Gasteiger partial charge in [-0.1, -0.05) is 15.9 Å². The number of halogens is 1. The lowest BCUT2D eigenvalue weighted by atomic mass is 10.2. The molecule has 3 nitrogen and oxygen atoms in total. The highest BCUT2D eigenvalue weighted by molar-refractivity contribution is 9.10. The van der Waals surface area contributed by atoms with E-state index in [0.29, 0.717) is 6.04 Å². The van der Waals surface area contributed by atoms with Crippen LogP contribution in [0.5, 0.6) is 0 Å². The molecule has 1 aliphatic heterocycles. The Hall–Kier alpha value is -0.910. The zero-order valence-corrected chi connectivity index (χ0v) is 13.0. The minimum absolute atomic E-state index is 0.561. The van der Waals surface area contributed by atoms with Crippen LogP contribution in [0.1, 0.15) is 12.1 Å². The summed E-state index contributed by atoms with van der Waals surface area (Å²) in [6, 6.07) is 9.11. The maximum Gasteiger partial charge on any atom is 0.0795 e. The van der Waals surface area contributed by atoms with Crippen LogP contribution in [0.2, 0.25) is 0 Å². The minimum atomic E-state index is 0.561. The number of benzene rings is 1. The molecule has 19 heavy (non-hydrogen) atoms. The largest absolute Gasteiger partial charge is 0.370 e. The second-order valence-corrected chi connectivity index (χ2v) is 6.40. The second-order valence-electron chi connectivity index (χ2n) is 4.77. The smallest absolute Gasteiger partial charge is 0.0795 e. The van der Waals surface area contributed by atoms with Crippen molar-refractivity contribution in [1.29, 1.82) is 0 Å². The van der Waals surface area contributed by atoms with Gasteiger partial charge < -0.3 is 10.2 Å². The Kier molecular flexibility index (Phi) is 4.15. The quantitative estimate of drug-likeness (QED) is 0.927. The summed E-state index contributed by atoms with van der Waals surface area (Å²) in [6.07, 6.45) is 1.19. The van der Waals surface area contributed by atoms with Crippen molar-refractivity contribution in [3.05, 3.63) is 45.3 Å². The van der Waals surface area contributed by atoms with Gasteiger partial charge in [0.1, 0.15) is 0 Å². The molecule has 1 aromatic heterocycles. The van der Waals surface area contributed by atoms with Crippen LogP contribution >= 0.6 is 27.3 Å². The zero-order valence-electron chi connectivity index (χ0n) is 10.6. The van der Waals surface area contributed by atoms with Crippen molar-refractivity contribution in [1.82, 2.24) is 10.3 Å². The summed E-state index contributed by atoms with van der Waals surface area (Å²) < 4.78 is 1.13. The van der Waals surface area contributed by atoms with Crippen LogP contribution in [0.3, 0.4) is 0 Å². The molecule has 0 unspecified atom stereocenters. The lowest BCUT2D eigenvalue weighted by Gasteiger charge is -2.19. The molecule has 3 rings (SSSR count). The highest BCUT2D eigenvalue weighted by Crippen LogP contribution is 2.22. The third-order valence-corrected chi connectivity index (χ3v) is 4.60. The van der Waals surface area contributed by atoms with Crippen molar-refractivity contribution >= 4 is 33.0 Å². The molecule has 5 heteroatoms. The van der Waals surface area contributed by atoms with Gasteiger partial charge in [-0.25, -0.2) is 4.98 Å². The summed E-state index contributed by atoms with van der Waals surface area (Å²) in [6.45, 7) is 3.07. The summed E-state index contributed by atoms with van der Waals surface area (Å²) in [5, 5.41) is 5.69. The number of rotatable bonds is 4. The molecule has 1 aliphatic rings. The Morgan fingerprint density at radius 3 is 2.95 bits per heavy atom. The number of thiazole rings is 1. The number of aromatic nitrogens is 1. The normalized spacial score (nSPS) is 19.0. The van der Waals surface area contributed by atoms with Gasteiger partial charge in [0.15, 0.2) is 0 Å². The van der Waals surface area contributed by atoms with Crippen LogP contribution in [-0.2, 0) is 6.54 Å². The van der Waals surface area contributed by atoms with Gasteiger partial charge in [0, 0.05) is 41.2 Å². The molecule has 0 bridgehead atoms. The molecule has 1 N–H and O–H groups in total. The van der Waals surface area contributed by atoms with Crippen molar-refractivity contribution in [3.63, 3.8) is 0 Å². The van der Waals surface area contributed by atoms with E-state index in [0.717, 1.165) is 29.8 Å². The van der Waals surface area contributed by atoms with Crippen molar-refractivity contribution < 1.29 is 0 Å². The number of nitrogens with one attached hydrogen (secondary N) is 1. The summed E-state index contributed by atoms with van der Waals surface area (Å²) >= 11 is 5.13. The van der Waals surface area contributed by atoms with E-state index in [4.69, 9.17) is 0 Å². The van der Waals surface area contributed by atoms with Crippen LogP contribution in [0, 0.1) is 0 Å². The molecule has 1 aromatic carbocycles. The predicted molar refractivity (Wildman–Crippen MR) is 83.7 cm³/mol. The van der Waals surface area contributed by atoms with Gasteiger partial charge in [-0.2, -0.15) is 0 Å². The third-order valence-electron chi connectivity index (χ3n) is 3.44. The van der Waals surface area contributed by atoms with Crippen molar-refractivity contribution in [3.8, 4) is 0 Å². The van der Waals surface area contributed by atoms with Crippen LogP contribution in [0.25, 0.3) is 0 Å². The highest BCUT2D eigenvalue weighted by Gasteiger charge is 2.22. The van der Waals surface area contributed by atoms with Gasteiger partial charge in [-0.15, -0.1) is 11.3 Å². The molecule has 0 radical (unpaired) electrons. The van der Waals surface area contributed by atoms with Crippen molar-refractivity contribution in [2.45, 2.75) is 19.0 Å². The van der Waals surface area contributed by atoms with Crippen LogP contribution in [-0.4, -0.2) is 24.1 Å². The molecule has 0 aliphatic carbocycles. The molecule has 2 aromatic rings. The van der Waals surface area contributed by atoms with Crippen molar-refractivity contribution in [2.75, 3.05) is 18.0 Å². The Bertz CT molecular complexity index is 512. The molecule has 0 saturated carbocycles. The maximum atomic E-state index is 4.30. The average molecular weight is 338 g/mol. The van der Waals surface area contributed by atoms with Gasteiger partial charge in [0.05, 0.1) is 11.2 Å².